The molecule has 2 unspecified atom stereocenters. The van der Waals surface area contributed by atoms with Gasteiger partial charge >= 0.3 is 0 Å². The summed E-state index contributed by atoms with van der Waals surface area (Å²) in [5.74, 6) is 0. The second-order valence-electron chi connectivity index (χ2n) is 3.46. The Bertz CT molecular complexity index is 191. The Morgan fingerprint density at radius 2 is 1.15 bits per heavy atom. The first-order chi connectivity index (χ1) is 5.92. The van der Waals surface area contributed by atoms with Crippen LogP contribution in [0.15, 0.2) is 0 Å². The van der Waals surface area contributed by atoms with Crippen LogP contribution in [-0.4, -0.2) is 17.3 Å². The largest absolute Gasteiger partial charge is 0.150 e. The van der Waals surface area contributed by atoms with Crippen LogP contribution < -0.4 is 0 Å². The lowest BCUT2D eigenvalue weighted by Gasteiger charge is -2.00. The fourth-order valence-corrected chi connectivity index (χ4v) is 4.88. The minimum Gasteiger partial charge on any atom is -0.150 e. The van der Waals surface area contributed by atoms with Crippen LogP contribution >= 0.6 is 74.0 Å². The third-order valence-electron chi connectivity index (χ3n) is 2.29. The van der Waals surface area contributed by atoms with E-state index < -0.39 is 0 Å². The molecule has 2 aliphatic rings. The third kappa shape index (κ3) is 3.03. The molecule has 0 bridgehead atoms. The van der Waals surface area contributed by atoms with Crippen molar-refractivity contribution in [2.75, 3.05) is 0 Å². The molecule has 0 saturated carbocycles. The first-order valence-corrected chi connectivity index (χ1v) is 7.72. The van der Waals surface area contributed by atoms with Crippen LogP contribution in [0.5, 0.6) is 0 Å². The molecule has 0 N–H and O–H groups in total. The van der Waals surface area contributed by atoms with Gasteiger partial charge in [-0.3, -0.25) is 0 Å². The van der Waals surface area contributed by atoms with E-state index in [4.69, 9.17) is 0 Å². The predicted molar refractivity (Wildman–Crippen MR) is 78.0 cm³/mol. The quantitative estimate of drug-likeness (QED) is 0.356. The molecular weight excluding hydrogens is 276 g/mol. The zero-order chi connectivity index (χ0) is 9.69. The van der Waals surface area contributed by atoms with Gasteiger partial charge in [-0.1, -0.05) is 6.42 Å². The molecule has 0 radical (unpaired) electrons. The number of thiol groups is 4. The van der Waals surface area contributed by atoms with E-state index in [1.807, 2.05) is 23.5 Å². The molecule has 2 saturated heterocycles. The summed E-state index contributed by atoms with van der Waals surface area (Å²) in [5.41, 5.74) is 0. The molecule has 0 nitrogen and oxygen atoms in total. The number of thioether (sulfide) groups is 2. The number of hydrogen-bond acceptors (Lipinski definition) is 6. The Kier molecular flexibility index (Phi) is 3.42. The highest BCUT2D eigenvalue weighted by Crippen LogP contribution is 2.63. The van der Waals surface area contributed by atoms with E-state index in [0.717, 1.165) is 0 Å². The highest BCUT2D eigenvalue weighted by Gasteiger charge is 2.51. The third-order valence-corrected chi connectivity index (χ3v) is 8.00. The fraction of sp³-hybridized carbons (Fsp3) is 1.00. The van der Waals surface area contributed by atoms with E-state index >= 15 is 0 Å². The molecule has 2 fully saturated rings. The maximum absolute atomic E-state index is 4.39. The minimum absolute atomic E-state index is 0.0320. The second kappa shape index (κ2) is 3.84. The van der Waals surface area contributed by atoms with Crippen molar-refractivity contribution in [2.24, 2.45) is 0 Å². The number of rotatable bonds is 4. The zero-order valence-electron chi connectivity index (χ0n) is 6.88. The second-order valence-corrected chi connectivity index (χ2v) is 11.1. The highest BCUT2D eigenvalue weighted by molar-refractivity contribution is 8.32. The van der Waals surface area contributed by atoms with Crippen molar-refractivity contribution in [2.45, 2.75) is 36.6 Å². The smallest absolute Gasteiger partial charge is 0.113 e. The van der Waals surface area contributed by atoms with E-state index in [2.05, 4.69) is 50.5 Å². The van der Waals surface area contributed by atoms with Crippen molar-refractivity contribution in [1.29, 1.82) is 0 Å². The van der Waals surface area contributed by atoms with Crippen LogP contribution in [-0.2, 0) is 0 Å². The first kappa shape index (κ1) is 11.6. The van der Waals surface area contributed by atoms with E-state index in [1.54, 1.807) is 0 Å². The summed E-state index contributed by atoms with van der Waals surface area (Å²) in [4.78, 5) is 0. The van der Waals surface area contributed by atoms with Gasteiger partial charge in [0.1, 0.15) is 6.82 Å². The van der Waals surface area contributed by atoms with Crippen LogP contribution in [0.2, 0.25) is 0 Å². The SMILES string of the molecule is SC1(S)SC1CCCC1SC1(S)S. The summed E-state index contributed by atoms with van der Waals surface area (Å²) in [5, 5.41) is 1.30. The van der Waals surface area contributed by atoms with Gasteiger partial charge in [-0.05, 0) is 12.8 Å². The van der Waals surface area contributed by atoms with E-state index in [9.17, 15) is 0 Å². The molecule has 0 aliphatic carbocycles. The molecule has 2 atom stereocenters. The van der Waals surface area contributed by atoms with Gasteiger partial charge < -0.3 is 0 Å². The van der Waals surface area contributed by atoms with Gasteiger partial charge in [0.25, 0.3) is 0 Å². The molecule has 76 valence electrons. The van der Waals surface area contributed by atoms with Crippen LogP contribution in [0.3, 0.4) is 0 Å². The lowest BCUT2D eigenvalue weighted by Crippen LogP contribution is -2.00. The highest BCUT2D eigenvalue weighted by atomic mass is 32.2. The van der Waals surface area contributed by atoms with Crippen LogP contribution in [0.1, 0.15) is 19.3 Å². The molecule has 0 spiro atoms. The maximum Gasteiger partial charge on any atom is 0.113 e. The van der Waals surface area contributed by atoms with Gasteiger partial charge in [0.05, 0.1) is 0 Å². The Morgan fingerprint density at radius 3 is 1.38 bits per heavy atom. The summed E-state index contributed by atoms with van der Waals surface area (Å²) >= 11 is 21.3. The van der Waals surface area contributed by atoms with Crippen molar-refractivity contribution in [1.82, 2.24) is 0 Å². The predicted octanol–water partition coefficient (Wildman–Crippen LogP) is 3.41. The summed E-state index contributed by atoms with van der Waals surface area (Å²) < 4.78 is -0.0641. The normalized spacial score (nSPS) is 38.8. The zero-order valence-corrected chi connectivity index (χ0v) is 12.1. The molecular formula is C7H12S6. The average molecular weight is 289 g/mol. The number of hydrogen-bond donors (Lipinski definition) is 4. The lowest BCUT2D eigenvalue weighted by atomic mass is 10.2. The molecule has 6 heteroatoms. The van der Waals surface area contributed by atoms with Crippen molar-refractivity contribution >= 4 is 74.0 Å². The lowest BCUT2D eigenvalue weighted by molar-refractivity contribution is 0.698. The monoisotopic (exact) mass is 288 g/mol. The van der Waals surface area contributed by atoms with Gasteiger partial charge in [0, 0.05) is 10.5 Å². The Hall–Kier alpha value is 2.10. The maximum atomic E-state index is 4.39. The van der Waals surface area contributed by atoms with Crippen molar-refractivity contribution < 1.29 is 0 Å². The summed E-state index contributed by atoms with van der Waals surface area (Å²) in [6.07, 6.45) is 3.71. The van der Waals surface area contributed by atoms with Gasteiger partial charge in [-0.25, -0.2) is 0 Å². The molecule has 13 heavy (non-hydrogen) atoms. The van der Waals surface area contributed by atoms with E-state index in [0.29, 0.717) is 10.5 Å². The molecule has 0 amide bonds. The standard InChI is InChI=1S/C7H12S6/c8-6(9)4(12-6)2-1-3-5-7(10,11)13-5/h4-5,8-11H,1-3H2. The fourth-order valence-electron chi connectivity index (χ4n) is 1.33. The molecule has 0 aromatic carbocycles. The summed E-state index contributed by atoms with van der Waals surface area (Å²) in [7, 11) is 0. The average Bonchev–Trinajstić information content (AvgIpc) is 2.75. The molecule has 2 aliphatic heterocycles. The van der Waals surface area contributed by atoms with E-state index in [1.165, 1.54) is 19.3 Å². The molecule has 2 heterocycles. The molecule has 0 aromatic rings. The first-order valence-electron chi connectivity index (χ1n) is 4.17. The van der Waals surface area contributed by atoms with Crippen LogP contribution in [0, 0.1) is 0 Å². The molecule has 0 aromatic heterocycles. The van der Waals surface area contributed by atoms with E-state index in [-0.39, 0.29) is 6.82 Å². The summed E-state index contributed by atoms with van der Waals surface area (Å²) in [6, 6.07) is 0. The van der Waals surface area contributed by atoms with Crippen LogP contribution in [0.25, 0.3) is 0 Å². The topological polar surface area (TPSA) is 0 Å². The van der Waals surface area contributed by atoms with Gasteiger partial charge in [-0.2, -0.15) is 50.5 Å². The Balaban J connectivity index is 1.56. The van der Waals surface area contributed by atoms with Gasteiger partial charge in [-0.15, -0.1) is 23.5 Å². The Morgan fingerprint density at radius 1 is 0.846 bits per heavy atom. The summed E-state index contributed by atoms with van der Waals surface area (Å²) in [6.45, 7) is 0. The minimum atomic E-state index is -0.0320. The van der Waals surface area contributed by atoms with Crippen molar-refractivity contribution in [3.05, 3.63) is 0 Å². The van der Waals surface area contributed by atoms with Crippen LogP contribution in [0.4, 0.5) is 0 Å². The van der Waals surface area contributed by atoms with Crippen molar-refractivity contribution in [3.63, 3.8) is 0 Å². The van der Waals surface area contributed by atoms with Gasteiger partial charge in [0.2, 0.25) is 0 Å². The van der Waals surface area contributed by atoms with Gasteiger partial charge in [0.15, 0.2) is 0 Å². The van der Waals surface area contributed by atoms with Crippen molar-refractivity contribution in [3.8, 4) is 0 Å². The molecule has 2 rings (SSSR count). The Labute approximate surface area is 110 Å².